The zero-order valence-electron chi connectivity index (χ0n) is 32.1. The molecule has 170 valence electrons. The summed E-state index contributed by atoms with van der Waals surface area (Å²) in [6.45, 7) is -8.44. The molecule has 0 bridgehead atoms. The van der Waals surface area contributed by atoms with Crippen molar-refractivity contribution in [2.75, 3.05) is 0 Å². The molecule has 34 heavy (non-hydrogen) atoms. The highest BCUT2D eigenvalue weighted by atomic mass is 16.3. The summed E-state index contributed by atoms with van der Waals surface area (Å²) in [5, 5.41) is 1.04. The molecule has 2 heteroatoms. The van der Waals surface area contributed by atoms with Crippen LogP contribution in [0.25, 0.3) is 44.3 Å². The first-order valence-electron chi connectivity index (χ1n) is 17.6. The molecule has 0 aliphatic heterocycles. The minimum atomic E-state index is -2.93. The molecule has 2 nitrogen and oxygen atoms in total. The van der Waals surface area contributed by atoms with E-state index in [9.17, 15) is 0 Å². The van der Waals surface area contributed by atoms with Crippen molar-refractivity contribution in [3.05, 3.63) is 88.6 Å². The maximum atomic E-state index is 8.67. The average molecular weight is 460 g/mol. The van der Waals surface area contributed by atoms with Gasteiger partial charge in [0.15, 0.2) is 6.20 Å². The third-order valence-electron chi connectivity index (χ3n) is 6.95. The molecule has 0 radical (unpaired) electrons. The van der Waals surface area contributed by atoms with Crippen LogP contribution in [0, 0.1) is 13.8 Å². The quantitative estimate of drug-likeness (QED) is 0.244. The molecule has 0 saturated carbocycles. The van der Waals surface area contributed by atoms with Gasteiger partial charge in [0.2, 0.25) is 5.69 Å². The second-order valence-electron chi connectivity index (χ2n) is 9.15. The van der Waals surface area contributed by atoms with E-state index < -0.39 is 38.7 Å². The third-order valence-corrected chi connectivity index (χ3v) is 6.95. The van der Waals surface area contributed by atoms with Crippen molar-refractivity contribution in [2.24, 2.45) is 7.05 Å². The fourth-order valence-corrected chi connectivity index (χ4v) is 5.22. The van der Waals surface area contributed by atoms with Crippen LogP contribution in [0.5, 0.6) is 0 Å². The third kappa shape index (κ3) is 2.78. The van der Waals surface area contributed by atoms with E-state index in [2.05, 4.69) is 0 Å². The van der Waals surface area contributed by atoms with Crippen LogP contribution in [-0.4, -0.2) is 0 Å². The predicted molar refractivity (Wildman–Crippen MR) is 141 cm³/mol. The van der Waals surface area contributed by atoms with Gasteiger partial charge in [0.05, 0.1) is 5.56 Å². The molecule has 2 heterocycles. The molecule has 6 rings (SSSR count). The summed E-state index contributed by atoms with van der Waals surface area (Å²) in [4.78, 5) is 0. The zero-order chi connectivity index (χ0) is 34.9. The van der Waals surface area contributed by atoms with E-state index in [0.29, 0.717) is 49.9 Å². The van der Waals surface area contributed by atoms with E-state index >= 15 is 0 Å². The largest absolute Gasteiger partial charge is 0.455 e. The molecule has 1 atom stereocenters. The van der Waals surface area contributed by atoms with Crippen LogP contribution in [0.4, 0.5) is 0 Å². The normalized spacial score (nSPS) is 23.1. The van der Waals surface area contributed by atoms with Gasteiger partial charge in [0.1, 0.15) is 18.2 Å². The van der Waals surface area contributed by atoms with Gasteiger partial charge in [-0.1, -0.05) is 63.9 Å². The maximum Gasteiger partial charge on any atom is 0.216 e. The Morgan fingerprint density at radius 2 is 1.82 bits per heavy atom. The Hall–Kier alpha value is -3.39. The summed E-state index contributed by atoms with van der Waals surface area (Å²) in [5.41, 5.74) is 0.902. The average Bonchev–Trinajstić information content (AvgIpc) is 3.43. The van der Waals surface area contributed by atoms with Crippen LogP contribution >= 0.6 is 0 Å². The van der Waals surface area contributed by atoms with Crippen molar-refractivity contribution < 1.29 is 26.8 Å². The highest BCUT2D eigenvalue weighted by Crippen LogP contribution is 2.51. The topological polar surface area (TPSA) is 17.0 Å². The first kappa shape index (κ1) is 11.4. The Labute approximate surface area is 220 Å². The van der Waals surface area contributed by atoms with E-state index in [1.165, 1.54) is 19.2 Å². The second-order valence-corrected chi connectivity index (χ2v) is 9.15. The first-order valence-corrected chi connectivity index (χ1v) is 11.1. The van der Waals surface area contributed by atoms with Crippen molar-refractivity contribution in [2.45, 2.75) is 52.6 Å². The highest BCUT2D eigenvalue weighted by Gasteiger charge is 2.36. The van der Waals surface area contributed by atoms with Gasteiger partial charge in [-0.3, -0.25) is 0 Å². The molecule has 3 aromatic carbocycles. The van der Waals surface area contributed by atoms with Gasteiger partial charge < -0.3 is 4.42 Å². The van der Waals surface area contributed by atoms with Crippen molar-refractivity contribution in [1.29, 1.82) is 0 Å². The lowest BCUT2D eigenvalue weighted by Gasteiger charge is -2.21. The van der Waals surface area contributed by atoms with Gasteiger partial charge in [-0.2, -0.15) is 0 Å². The Balaban J connectivity index is 1.69. The standard InChI is InChI=1S/C32H32NO/c1-18(2)25-17-33(7)28(14-20(25)4)30-19(3)12-13-22-24-15-27-23(16-29(24)34-31(22)30)21-10-8-9-11-26(21)32(27,5)6/h8-18H,1-7H3/q+1/i1D3,4D3,5D3,6D3,18D. The number of hydrogen-bond donors (Lipinski definition) is 0. The monoisotopic (exact) mass is 459 g/mol. The lowest BCUT2D eigenvalue weighted by Crippen LogP contribution is -2.32. The summed E-state index contributed by atoms with van der Waals surface area (Å²) in [5.74, 6) is -2.22. The predicted octanol–water partition coefficient (Wildman–Crippen LogP) is 8.12. The van der Waals surface area contributed by atoms with Crippen LogP contribution in [0.15, 0.2) is 65.2 Å². The van der Waals surface area contributed by atoms with Crippen molar-refractivity contribution >= 4 is 21.9 Å². The Bertz CT molecular complexity index is 2080. The molecular formula is C32H32NO+. The molecule has 1 aliphatic rings. The van der Waals surface area contributed by atoms with Crippen LogP contribution in [0.1, 0.15) is 79.0 Å². The number of pyridine rings is 1. The van der Waals surface area contributed by atoms with Gasteiger partial charge in [-0.25, -0.2) is 4.57 Å². The Morgan fingerprint density at radius 1 is 0.971 bits per heavy atom. The Kier molecular flexibility index (Phi) is 2.36. The van der Waals surface area contributed by atoms with Crippen LogP contribution in [0.2, 0.25) is 0 Å². The fourth-order valence-electron chi connectivity index (χ4n) is 5.22. The number of fused-ring (bicyclic) bond motifs is 6. The van der Waals surface area contributed by atoms with E-state index in [1.807, 2.05) is 6.92 Å². The van der Waals surface area contributed by atoms with Crippen LogP contribution in [0.3, 0.4) is 0 Å². The van der Waals surface area contributed by atoms with Gasteiger partial charge in [-0.05, 0) is 65.2 Å². The minimum absolute atomic E-state index is 0.148. The van der Waals surface area contributed by atoms with Crippen LogP contribution in [-0.2, 0) is 12.5 Å². The summed E-state index contributed by atoms with van der Waals surface area (Å²) in [6, 6.07) is 14.8. The van der Waals surface area contributed by atoms with E-state index in [0.717, 1.165) is 0 Å². The number of benzene rings is 3. The summed E-state index contributed by atoms with van der Waals surface area (Å²) in [6.07, 6.45) is 1.36. The lowest BCUT2D eigenvalue weighted by atomic mass is 9.82. The molecule has 1 aliphatic carbocycles. The summed E-state index contributed by atoms with van der Waals surface area (Å²) >= 11 is 0. The second kappa shape index (κ2) is 7.06. The van der Waals surface area contributed by atoms with E-state index in [1.54, 1.807) is 60.1 Å². The molecule has 5 aromatic rings. The lowest BCUT2D eigenvalue weighted by molar-refractivity contribution is -0.660. The number of aryl methyl sites for hydroxylation is 3. The SMILES string of the molecule is [2H]C([2H])([2H])c1cc(-c2c(C)ccc3c2oc2cc4c(cc23)C(C([2H])([2H])[2H])(C([2H])([2H])[2H])c2ccccc2-4)[n+](C)cc1C([2H])(C)C([2H])([2H])[2H]. The molecule has 2 aromatic heterocycles. The highest BCUT2D eigenvalue weighted by molar-refractivity contribution is 6.11. The maximum absolute atomic E-state index is 8.67. The van der Waals surface area contributed by atoms with Crippen molar-refractivity contribution in [1.82, 2.24) is 0 Å². The number of aromatic nitrogens is 1. The van der Waals surface area contributed by atoms with Gasteiger partial charge in [-0.15, -0.1) is 0 Å². The first-order chi connectivity index (χ1) is 21.4. The molecule has 0 spiro atoms. The molecular weight excluding hydrogens is 414 g/mol. The molecule has 0 saturated heterocycles. The molecule has 0 amide bonds. The van der Waals surface area contributed by atoms with Gasteiger partial charge in [0.25, 0.3) is 0 Å². The summed E-state index contributed by atoms with van der Waals surface area (Å²) in [7, 11) is 1.63. The Morgan fingerprint density at radius 3 is 2.62 bits per heavy atom. The molecule has 0 fully saturated rings. The minimum Gasteiger partial charge on any atom is -0.455 e. The number of rotatable bonds is 2. The number of hydrogen-bond acceptors (Lipinski definition) is 1. The van der Waals surface area contributed by atoms with E-state index in [4.69, 9.17) is 22.2 Å². The van der Waals surface area contributed by atoms with E-state index in [-0.39, 0.29) is 22.3 Å². The zero-order valence-corrected chi connectivity index (χ0v) is 19.1. The number of furan rings is 1. The van der Waals surface area contributed by atoms with Crippen molar-refractivity contribution in [3.8, 4) is 22.4 Å². The fraction of sp³-hybridized carbons (Fsp3) is 0.281. The molecule has 0 N–H and O–H groups in total. The smallest absolute Gasteiger partial charge is 0.216 e. The molecule has 1 unspecified atom stereocenters. The van der Waals surface area contributed by atoms with Crippen LogP contribution < -0.4 is 4.57 Å². The number of nitrogens with zero attached hydrogens (tertiary/aromatic N) is 1. The summed E-state index contributed by atoms with van der Waals surface area (Å²) < 4.78 is 117. The van der Waals surface area contributed by atoms with Crippen molar-refractivity contribution in [3.63, 3.8) is 0 Å². The van der Waals surface area contributed by atoms with Gasteiger partial charge >= 0.3 is 0 Å². The van der Waals surface area contributed by atoms with Gasteiger partial charge in [0, 0.05) is 45.6 Å².